The van der Waals surface area contributed by atoms with Gasteiger partial charge in [-0.25, -0.2) is 0 Å². The molecule has 3 rings (SSSR count). The number of nitrogens with one attached hydrogen (secondary N) is 1. The van der Waals surface area contributed by atoms with Gasteiger partial charge < -0.3 is 5.73 Å². The van der Waals surface area contributed by atoms with Crippen LogP contribution in [0.25, 0.3) is 11.1 Å². The first-order valence-electron chi connectivity index (χ1n) is 8.14. The summed E-state index contributed by atoms with van der Waals surface area (Å²) < 4.78 is 0. The highest BCUT2D eigenvalue weighted by molar-refractivity contribution is 5.76. The zero-order valence-electron chi connectivity index (χ0n) is 12.9. The Bertz CT molecular complexity index is 575. The summed E-state index contributed by atoms with van der Waals surface area (Å²) in [4.78, 5) is 0. The van der Waals surface area contributed by atoms with Crippen molar-refractivity contribution in [3.63, 3.8) is 0 Å². The predicted molar refractivity (Wildman–Crippen MR) is 88.1 cm³/mol. The number of nitrogen functional groups attached to an aromatic ring is 1. The standard InChI is InChI=1S/C18H25N3/c1-13-8-10-15(11-9-13)17-16(20-21-18(17)19)12-14-6-4-2-3-5-7-14/h8-11,14H,2-7,12H2,1H3,(H3,19,20,21). The van der Waals surface area contributed by atoms with Crippen LogP contribution >= 0.6 is 0 Å². The Kier molecular flexibility index (Phi) is 4.28. The van der Waals surface area contributed by atoms with E-state index in [2.05, 4.69) is 41.4 Å². The van der Waals surface area contributed by atoms with Gasteiger partial charge >= 0.3 is 0 Å². The van der Waals surface area contributed by atoms with Gasteiger partial charge in [-0.1, -0.05) is 68.4 Å². The topological polar surface area (TPSA) is 54.7 Å². The normalized spacial score (nSPS) is 16.8. The summed E-state index contributed by atoms with van der Waals surface area (Å²) in [5, 5.41) is 7.44. The fourth-order valence-electron chi connectivity index (χ4n) is 3.44. The number of nitrogens with two attached hydrogens (primary N) is 1. The molecule has 0 saturated heterocycles. The maximum Gasteiger partial charge on any atom is 0.153 e. The highest BCUT2D eigenvalue weighted by Crippen LogP contribution is 2.32. The van der Waals surface area contributed by atoms with Crippen LogP contribution in [0.1, 0.15) is 49.8 Å². The van der Waals surface area contributed by atoms with Crippen molar-refractivity contribution in [2.24, 2.45) is 5.92 Å². The van der Waals surface area contributed by atoms with E-state index in [1.165, 1.54) is 55.3 Å². The van der Waals surface area contributed by atoms with Crippen LogP contribution in [0.3, 0.4) is 0 Å². The molecule has 0 atom stereocenters. The van der Waals surface area contributed by atoms with Crippen LogP contribution in [0.4, 0.5) is 5.82 Å². The van der Waals surface area contributed by atoms with E-state index in [1.807, 2.05) is 0 Å². The van der Waals surface area contributed by atoms with Gasteiger partial charge in [-0.15, -0.1) is 0 Å². The van der Waals surface area contributed by atoms with Gasteiger partial charge in [0, 0.05) is 11.3 Å². The predicted octanol–water partition coefficient (Wildman–Crippen LogP) is 4.48. The molecule has 1 aliphatic rings. The maximum atomic E-state index is 6.11. The molecule has 1 fully saturated rings. The van der Waals surface area contributed by atoms with Crippen LogP contribution in [0.15, 0.2) is 24.3 Å². The Labute approximate surface area is 127 Å². The van der Waals surface area contributed by atoms with Gasteiger partial charge in [-0.2, -0.15) is 5.10 Å². The quantitative estimate of drug-likeness (QED) is 0.816. The second-order valence-corrected chi connectivity index (χ2v) is 6.39. The summed E-state index contributed by atoms with van der Waals surface area (Å²) in [5.41, 5.74) is 10.9. The lowest BCUT2D eigenvalue weighted by Crippen LogP contribution is -2.05. The molecule has 1 saturated carbocycles. The Morgan fingerprint density at radius 3 is 2.43 bits per heavy atom. The summed E-state index contributed by atoms with van der Waals surface area (Å²) in [5.74, 6) is 1.40. The molecule has 3 heteroatoms. The third-order valence-electron chi connectivity index (χ3n) is 4.68. The molecule has 3 nitrogen and oxygen atoms in total. The third kappa shape index (κ3) is 3.29. The van der Waals surface area contributed by atoms with Crippen LogP contribution in [0, 0.1) is 12.8 Å². The summed E-state index contributed by atoms with van der Waals surface area (Å²) in [6, 6.07) is 8.56. The summed E-state index contributed by atoms with van der Waals surface area (Å²) in [6.45, 7) is 2.11. The largest absolute Gasteiger partial charge is 0.382 e. The van der Waals surface area contributed by atoms with E-state index in [9.17, 15) is 0 Å². The number of nitrogens with zero attached hydrogens (tertiary/aromatic N) is 1. The Hall–Kier alpha value is -1.77. The van der Waals surface area contributed by atoms with Crippen LogP contribution in [0.2, 0.25) is 0 Å². The molecule has 0 spiro atoms. The third-order valence-corrected chi connectivity index (χ3v) is 4.68. The van der Waals surface area contributed by atoms with E-state index in [0.717, 1.165) is 17.9 Å². The van der Waals surface area contributed by atoms with Crippen LogP contribution in [-0.4, -0.2) is 10.2 Å². The number of anilines is 1. The van der Waals surface area contributed by atoms with E-state index in [0.29, 0.717) is 5.82 Å². The highest BCUT2D eigenvalue weighted by Gasteiger charge is 2.18. The lowest BCUT2D eigenvalue weighted by molar-refractivity contribution is 0.453. The van der Waals surface area contributed by atoms with E-state index in [-0.39, 0.29) is 0 Å². The minimum absolute atomic E-state index is 0.627. The SMILES string of the molecule is Cc1ccc(-c2c(N)n[nH]c2CC2CCCCCC2)cc1. The lowest BCUT2D eigenvalue weighted by Gasteiger charge is -2.14. The van der Waals surface area contributed by atoms with Crippen molar-refractivity contribution in [2.45, 2.75) is 51.9 Å². The molecule has 0 aliphatic heterocycles. The molecule has 21 heavy (non-hydrogen) atoms. The van der Waals surface area contributed by atoms with Gasteiger partial charge in [0.25, 0.3) is 0 Å². The second-order valence-electron chi connectivity index (χ2n) is 6.39. The molecule has 0 unspecified atom stereocenters. The molecule has 3 N–H and O–H groups in total. The molecule has 1 heterocycles. The fourth-order valence-corrected chi connectivity index (χ4v) is 3.44. The van der Waals surface area contributed by atoms with Crippen LogP contribution in [0.5, 0.6) is 0 Å². The first kappa shape index (κ1) is 14.2. The number of benzene rings is 1. The number of H-pyrrole nitrogens is 1. The molecule has 0 radical (unpaired) electrons. The summed E-state index contributed by atoms with van der Waals surface area (Å²) in [6.07, 6.45) is 9.28. The van der Waals surface area contributed by atoms with Gasteiger partial charge in [0.15, 0.2) is 5.82 Å². The number of aromatic nitrogens is 2. The lowest BCUT2D eigenvalue weighted by atomic mass is 9.92. The molecule has 1 aromatic heterocycles. The maximum absolute atomic E-state index is 6.11. The van der Waals surface area contributed by atoms with Crippen molar-refractivity contribution in [3.05, 3.63) is 35.5 Å². The molecule has 0 amide bonds. The number of hydrogen-bond acceptors (Lipinski definition) is 2. The number of aryl methyl sites for hydroxylation is 1. The Balaban J connectivity index is 1.84. The molecular formula is C18H25N3. The van der Waals surface area contributed by atoms with Crippen molar-refractivity contribution < 1.29 is 0 Å². The Morgan fingerprint density at radius 1 is 1.10 bits per heavy atom. The first-order chi connectivity index (χ1) is 10.2. The summed E-state index contributed by atoms with van der Waals surface area (Å²) >= 11 is 0. The fraction of sp³-hybridized carbons (Fsp3) is 0.500. The van der Waals surface area contributed by atoms with E-state index >= 15 is 0 Å². The molecule has 1 aromatic carbocycles. The van der Waals surface area contributed by atoms with Crippen LogP contribution in [-0.2, 0) is 6.42 Å². The van der Waals surface area contributed by atoms with E-state index < -0.39 is 0 Å². The van der Waals surface area contributed by atoms with Gasteiger partial charge in [0.1, 0.15) is 0 Å². The summed E-state index contributed by atoms with van der Waals surface area (Å²) in [7, 11) is 0. The van der Waals surface area contributed by atoms with Crippen molar-refractivity contribution in [3.8, 4) is 11.1 Å². The average Bonchev–Trinajstić information content (AvgIpc) is 2.69. The van der Waals surface area contributed by atoms with Gasteiger partial charge in [0.2, 0.25) is 0 Å². The number of hydrogen-bond donors (Lipinski definition) is 2. The highest BCUT2D eigenvalue weighted by atomic mass is 15.2. The minimum Gasteiger partial charge on any atom is -0.382 e. The van der Waals surface area contributed by atoms with Gasteiger partial charge in [-0.05, 0) is 24.8 Å². The smallest absolute Gasteiger partial charge is 0.153 e. The number of rotatable bonds is 3. The van der Waals surface area contributed by atoms with Crippen LogP contribution < -0.4 is 5.73 Å². The van der Waals surface area contributed by atoms with Crippen molar-refractivity contribution in [1.29, 1.82) is 0 Å². The van der Waals surface area contributed by atoms with E-state index in [1.54, 1.807) is 0 Å². The van der Waals surface area contributed by atoms with Gasteiger partial charge in [0.05, 0.1) is 0 Å². The minimum atomic E-state index is 0.627. The van der Waals surface area contributed by atoms with Crippen molar-refractivity contribution in [1.82, 2.24) is 10.2 Å². The van der Waals surface area contributed by atoms with E-state index in [4.69, 9.17) is 5.73 Å². The molecule has 1 aliphatic carbocycles. The average molecular weight is 283 g/mol. The Morgan fingerprint density at radius 2 is 1.76 bits per heavy atom. The monoisotopic (exact) mass is 283 g/mol. The molecule has 0 bridgehead atoms. The van der Waals surface area contributed by atoms with Crippen molar-refractivity contribution in [2.75, 3.05) is 5.73 Å². The van der Waals surface area contributed by atoms with Crippen molar-refractivity contribution >= 4 is 5.82 Å². The molecule has 2 aromatic rings. The molecular weight excluding hydrogens is 258 g/mol. The van der Waals surface area contributed by atoms with Gasteiger partial charge in [-0.3, -0.25) is 5.10 Å². The zero-order chi connectivity index (χ0) is 14.7. The second kappa shape index (κ2) is 6.33. The zero-order valence-corrected chi connectivity index (χ0v) is 12.9. The first-order valence-corrected chi connectivity index (χ1v) is 8.14. The number of aromatic amines is 1. The molecule has 112 valence electrons.